The summed E-state index contributed by atoms with van der Waals surface area (Å²) in [6.45, 7) is 10.4. The first-order valence-electron chi connectivity index (χ1n) is 18.3. The first kappa shape index (κ1) is 32.5. The van der Waals surface area contributed by atoms with Gasteiger partial charge in [0.15, 0.2) is 0 Å². The van der Waals surface area contributed by atoms with Gasteiger partial charge in [0, 0.05) is 68.1 Å². The zero-order valence-corrected chi connectivity index (χ0v) is 30.3. The Morgan fingerprint density at radius 2 is 1.17 bits per heavy atom. The summed E-state index contributed by atoms with van der Waals surface area (Å²) in [6, 6.07) is 44.9. The number of carboxylic acid groups (broad SMARTS) is 1. The number of para-hydroxylation sites is 2. The number of fused-ring (bicyclic) bond motifs is 7. The molecule has 1 aliphatic heterocycles. The maximum atomic E-state index is 11.7. The molecule has 6 aromatic carbocycles. The SMILES string of the molecule is CCn1c2ccccc2c2ccc(N(c3ccc(/C=C/C4=Nc5ccc(C(=O)O)cc5C4(C)C)cc3)c3ccc4c5ccccc5n(CC)c4c3)cc21. The van der Waals surface area contributed by atoms with E-state index in [1.54, 1.807) is 18.2 Å². The Hall–Kier alpha value is -6.40. The van der Waals surface area contributed by atoms with Crippen LogP contribution in [0.5, 0.6) is 0 Å². The third-order valence-electron chi connectivity index (χ3n) is 11.0. The minimum absolute atomic E-state index is 0.281. The second-order valence-electron chi connectivity index (χ2n) is 14.3. The molecule has 0 fully saturated rings. The Kier molecular flexibility index (Phi) is 7.59. The number of allylic oxidation sites excluding steroid dienone is 1. The summed E-state index contributed by atoms with van der Waals surface area (Å²) in [6.07, 6.45) is 4.15. The molecule has 0 aliphatic carbocycles. The van der Waals surface area contributed by atoms with E-state index in [9.17, 15) is 9.90 Å². The van der Waals surface area contributed by atoms with Crippen LogP contribution in [0.15, 0.2) is 138 Å². The molecule has 0 amide bonds. The summed E-state index contributed by atoms with van der Waals surface area (Å²) in [5.41, 5.74) is 11.8. The Bertz CT molecular complexity index is 2690. The first-order valence-corrected chi connectivity index (χ1v) is 18.3. The lowest BCUT2D eigenvalue weighted by Gasteiger charge is -2.26. The number of aromatic nitrogens is 2. The summed E-state index contributed by atoms with van der Waals surface area (Å²) < 4.78 is 4.82. The van der Waals surface area contributed by atoms with Gasteiger partial charge >= 0.3 is 5.97 Å². The number of hydrogen-bond donors (Lipinski definition) is 1. The van der Waals surface area contributed by atoms with Crippen LogP contribution in [0, 0.1) is 0 Å². The van der Waals surface area contributed by atoms with Crippen LogP contribution in [0.4, 0.5) is 22.7 Å². The van der Waals surface area contributed by atoms with Crippen LogP contribution in [-0.2, 0) is 18.5 Å². The van der Waals surface area contributed by atoms with Crippen molar-refractivity contribution in [3.63, 3.8) is 0 Å². The maximum Gasteiger partial charge on any atom is 0.335 e. The highest BCUT2D eigenvalue weighted by Crippen LogP contribution is 2.43. The topological polar surface area (TPSA) is 62.8 Å². The molecule has 1 N–H and O–H groups in total. The van der Waals surface area contributed by atoms with Crippen LogP contribution >= 0.6 is 0 Å². The fourth-order valence-corrected chi connectivity index (χ4v) is 8.31. The van der Waals surface area contributed by atoms with Crippen molar-refractivity contribution in [3.8, 4) is 0 Å². The number of hydrogen-bond acceptors (Lipinski definition) is 3. The van der Waals surface area contributed by atoms with Crippen LogP contribution in [0.25, 0.3) is 49.7 Å². The van der Waals surface area contributed by atoms with Gasteiger partial charge in [0.1, 0.15) is 0 Å². The normalized spacial score (nSPS) is 13.8. The molecule has 53 heavy (non-hydrogen) atoms. The van der Waals surface area contributed by atoms with Crippen molar-refractivity contribution in [2.45, 2.75) is 46.2 Å². The smallest absolute Gasteiger partial charge is 0.335 e. The number of carboxylic acids is 1. The van der Waals surface area contributed by atoms with Crippen molar-refractivity contribution in [2.75, 3.05) is 4.90 Å². The Morgan fingerprint density at radius 3 is 1.72 bits per heavy atom. The fraction of sp³-hybridized carbons (Fsp3) is 0.149. The molecule has 0 saturated carbocycles. The minimum atomic E-state index is -0.929. The predicted octanol–water partition coefficient (Wildman–Crippen LogP) is 12.2. The van der Waals surface area contributed by atoms with Crippen molar-refractivity contribution in [3.05, 3.63) is 150 Å². The number of aryl methyl sites for hydroxylation is 2. The lowest BCUT2D eigenvalue weighted by atomic mass is 9.80. The van der Waals surface area contributed by atoms with Crippen LogP contribution in [0.2, 0.25) is 0 Å². The Balaban J connectivity index is 1.14. The summed E-state index contributed by atoms with van der Waals surface area (Å²) in [4.78, 5) is 18.9. The third kappa shape index (κ3) is 5.16. The quantitative estimate of drug-likeness (QED) is 0.172. The molecule has 6 nitrogen and oxygen atoms in total. The molecule has 0 atom stereocenters. The Labute approximate surface area is 308 Å². The highest BCUT2D eigenvalue weighted by atomic mass is 16.4. The van der Waals surface area contributed by atoms with Gasteiger partial charge < -0.3 is 19.1 Å². The van der Waals surface area contributed by atoms with E-state index in [-0.39, 0.29) is 5.56 Å². The van der Waals surface area contributed by atoms with Gasteiger partial charge in [-0.1, -0.05) is 80.6 Å². The highest BCUT2D eigenvalue weighted by molar-refractivity contribution is 6.12. The van der Waals surface area contributed by atoms with Crippen LogP contribution in [-0.4, -0.2) is 25.9 Å². The summed E-state index contributed by atoms with van der Waals surface area (Å²) in [5, 5.41) is 14.6. The average Bonchev–Trinajstić information content (AvgIpc) is 3.77. The molecule has 0 spiro atoms. The van der Waals surface area contributed by atoms with Crippen LogP contribution in [0.3, 0.4) is 0 Å². The second-order valence-corrected chi connectivity index (χ2v) is 14.3. The molecule has 1 aliphatic rings. The van der Waals surface area contributed by atoms with Gasteiger partial charge in [0.2, 0.25) is 0 Å². The zero-order valence-electron chi connectivity index (χ0n) is 30.3. The van der Waals surface area contributed by atoms with Gasteiger partial charge in [-0.25, -0.2) is 4.79 Å². The summed E-state index contributed by atoms with van der Waals surface area (Å²) >= 11 is 0. The number of nitrogens with zero attached hydrogens (tertiary/aromatic N) is 4. The standard InChI is InChI=1S/C47H40N4O2/c1-5-49-41-13-9-7-11-35(41)37-23-21-33(28-43(37)49)51(34-22-24-38-36-12-8-10-14-42(36)50(6-2)44(38)29-34)32-19-15-30(16-20-32)17-26-45-47(3,4)39-27-31(46(52)53)18-25-40(39)48-45/h7-29H,5-6H2,1-4H3,(H,52,53)/b26-17+. The van der Waals surface area contributed by atoms with Crippen LogP contribution < -0.4 is 4.90 Å². The molecule has 2 aromatic heterocycles. The fourth-order valence-electron chi connectivity index (χ4n) is 8.31. The average molecular weight is 693 g/mol. The van der Waals surface area contributed by atoms with Gasteiger partial charge in [-0.15, -0.1) is 0 Å². The largest absolute Gasteiger partial charge is 0.478 e. The monoisotopic (exact) mass is 692 g/mol. The predicted molar refractivity (Wildman–Crippen MR) is 221 cm³/mol. The van der Waals surface area contributed by atoms with Gasteiger partial charge in [0.25, 0.3) is 0 Å². The maximum absolute atomic E-state index is 11.7. The third-order valence-corrected chi connectivity index (χ3v) is 11.0. The molecule has 260 valence electrons. The van der Waals surface area contributed by atoms with E-state index in [4.69, 9.17) is 4.99 Å². The van der Waals surface area contributed by atoms with Gasteiger partial charge in [-0.3, -0.25) is 4.99 Å². The minimum Gasteiger partial charge on any atom is -0.478 e. The van der Waals surface area contributed by atoms with E-state index >= 15 is 0 Å². The number of anilines is 3. The lowest BCUT2D eigenvalue weighted by molar-refractivity contribution is 0.0696. The molecule has 0 unspecified atom stereocenters. The highest BCUT2D eigenvalue weighted by Gasteiger charge is 2.34. The number of benzene rings is 6. The van der Waals surface area contributed by atoms with Crippen molar-refractivity contribution >= 4 is 84.1 Å². The number of rotatable bonds is 8. The molecule has 8 aromatic rings. The van der Waals surface area contributed by atoms with Crippen molar-refractivity contribution in [1.29, 1.82) is 0 Å². The first-order chi connectivity index (χ1) is 25.8. The molecule has 0 bridgehead atoms. The summed E-state index contributed by atoms with van der Waals surface area (Å²) in [5.74, 6) is -0.929. The Morgan fingerprint density at radius 1 is 0.642 bits per heavy atom. The van der Waals surface area contributed by atoms with E-state index in [0.717, 1.165) is 52.7 Å². The van der Waals surface area contributed by atoms with Gasteiger partial charge in [-0.05, 0) is 97.8 Å². The van der Waals surface area contributed by atoms with E-state index in [1.807, 2.05) is 0 Å². The van der Waals surface area contributed by atoms with E-state index < -0.39 is 11.4 Å². The van der Waals surface area contributed by atoms with Crippen molar-refractivity contribution in [1.82, 2.24) is 9.13 Å². The molecule has 0 radical (unpaired) electrons. The second kappa shape index (κ2) is 12.4. The zero-order chi connectivity index (χ0) is 36.4. The van der Waals surface area contributed by atoms with Crippen molar-refractivity contribution in [2.24, 2.45) is 4.99 Å². The molecular formula is C47H40N4O2. The van der Waals surface area contributed by atoms with Gasteiger partial charge in [-0.2, -0.15) is 0 Å². The van der Waals surface area contributed by atoms with E-state index in [1.165, 1.54) is 43.6 Å². The number of aliphatic imine (C=N–C) groups is 1. The van der Waals surface area contributed by atoms with Gasteiger partial charge in [0.05, 0.1) is 28.0 Å². The molecule has 6 heteroatoms. The molecule has 0 saturated heterocycles. The molecule has 9 rings (SSSR count). The van der Waals surface area contributed by atoms with Crippen LogP contribution in [0.1, 0.15) is 49.2 Å². The summed E-state index contributed by atoms with van der Waals surface area (Å²) in [7, 11) is 0. The lowest BCUT2D eigenvalue weighted by Crippen LogP contribution is -2.24. The molecule has 3 heterocycles. The van der Waals surface area contributed by atoms with E-state index in [2.05, 4.69) is 163 Å². The van der Waals surface area contributed by atoms with Crippen molar-refractivity contribution < 1.29 is 9.90 Å². The number of aromatic carboxylic acids is 1. The molecular weight excluding hydrogens is 653 g/mol. The van der Waals surface area contributed by atoms with E-state index in [0.29, 0.717) is 0 Å². The number of carbonyl (C=O) groups is 1.